The van der Waals surface area contributed by atoms with Crippen LogP contribution < -0.4 is 5.32 Å². The fraction of sp³-hybridized carbons (Fsp3) is 0.400. The number of hydrogen-bond donors (Lipinski definition) is 1. The molecule has 1 aliphatic carbocycles. The summed E-state index contributed by atoms with van der Waals surface area (Å²) in [6.45, 7) is 10.3. The molecule has 0 saturated heterocycles. The van der Waals surface area contributed by atoms with Gasteiger partial charge >= 0.3 is 0 Å². The van der Waals surface area contributed by atoms with Crippen molar-refractivity contribution in [3.8, 4) is 0 Å². The summed E-state index contributed by atoms with van der Waals surface area (Å²) in [4.78, 5) is 2.99. The molecule has 1 nitrogen and oxygen atoms in total. The highest BCUT2D eigenvalue weighted by molar-refractivity contribution is 7.13. The molecule has 4 rings (SSSR count). The lowest BCUT2D eigenvalue weighted by molar-refractivity contribution is 0.829. The van der Waals surface area contributed by atoms with Crippen molar-refractivity contribution in [2.24, 2.45) is 0 Å². The monoisotopic (exact) mass is 309 g/mol. The zero-order chi connectivity index (χ0) is 15.4. The van der Waals surface area contributed by atoms with Crippen LogP contribution in [-0.4, -0.2) is 6.54 Å². The number of aryl methyl sites for hydroxylation is 2. The number of anilines is 1. The SMILES string of the molecule is CC1=C(c2cccc3c2NCCC3)c2sc(C)c(C)c2C1C. The molecular weight excluding hydrogens is 286 g/mol. The summed E-state index contributed by atoms with van der Waals surface area (Å²) >= 11 is 1.98. The van der Waals surface area contributed by atoms with Gasteiger partial charge in [0.25, 0.3) is 0 Å². The Morgan fingerprint density at radius 3 is 2.82 bits per heavy atom. The lowest BCUT2D eigenvalue weighted by Crippen LogP contribution is -2.13. The van der Waals surface area contributed by atoms with E-state index >= 15 is 0 Å². The number of allylic oxidation sites excluding steroid dienone is 1. The highest BCUT2D eigenvalue weighted by Crippen LogP contribution is 2.52. The van der Waals surface area contributed by atoms with E-state index in [2.05, 4.69) is 51.2 Å². The predicted octanol–water partition coefficient (Wildman–Crippen LogP) is 5.66. The zero-order valence-electron chi connectivity index (χ0n) is 13.8. The van der Waals surface area contributed by atoms with Crippen molar-refractivity contribution in [1.82, 2.24) is 0 Å². The van der Waals surface area contributed by atoms with Gasteiger partial charge in [0.05, 0.1) is 0 Å². The van der Waals surface area contributed by atoms with E-state index in [9.17, 15) is 0 Å². The van der Waals surface area contributed by atoms with Crippen LogP contribution in [0, 0.1) is 13.8 Å². The van der Waals surface area contributed by atoms with Gasteiger partial charge in [-0.3, -0.25) is 0 Å². The van der Waals surface area contributed by atoms with Crippen molar-refractivity contribution in [3.63, 3.8) is 0 Å². The third-order valence-electron chi connectivity index (χ3n) is 5.48. The lowest BCUT2D eigenvalue weighted by atomic mass is 9.93. The van der Waals surface area contributed by atoms with Crippen molar-refractivity contribution in [2.45, 2.75) is 46.5 Å². The van der Waals surface area contributed by atoms with Gasteiger partial charge in [-0.1, -0.05) is 30.7 Å². The molecule has 0 fully saturated rings. The number of nitrogens with one attached hydrogen (secondary N) is 1. The van der Waals surface area contributed by atoms with Gasteiger partial charge in [-0.15, -0.1) is 11.3 Å². The second-order valence-corrected chi connectivity index (χ2v) is 7.90. The van der Waals surface area contributed by atoms with E-state index in [1.165, 1.54) is 56.1 Å². The van der Waals surface area contributed by atoms with Gasteiger partial charge in [0, 0.05) is 39.0 Å². The lowest BCUT2D eigenvalue weighted by Gasteiger charge is -2.22. The molecule has 0 saturated carbocycles. The van der Waals surface area contributed by atoms with E-state index in [1.807, 2.05) is 11.3 Å². The Kier molecular flexibility index (Phi) is 3.19. The van der Waals surface area contributed by atoms with E-state index in [-0.39, 0.29) is 0 Å². The number of benzene rings is 1. The minimum Gasteiger partial charge on any atom is -0.384 e. The predicted molar refractivity (Wildman–Crippen MR) is 97.2 cm³/mol. The van der Waals surface area contributed by atoms with Gasteiger partial charge in [-0.2, -0.15) is 0 Å². The zero-order valence-corrected chi connectivity index (χ0v) is 14.7. The maximum absolute atomic E-state index is 3.67. The molecule has 1 aromatic heterocycles. The second-order valence-electron chi connectivity index (χ2n) is 6.68. The van der Waals surface area contributed by atoms with Crippen LogP contribution in [0.4, 0.5) is 5.69 Å². The average molecular weight is 309 g/mol. The fourth-order valence-corrected chi connectivity index (χ4v) is 5.40. The first-order valence-electron chi connectivity index (χ1n) is 8.26. The number of fused-ring (bicyclic) bond motifs is 2. The molecule has 1 unspecified atom stereocenters. The molecule has 2 aliphatic rings. The Morgan fingerprint density at radius 1 is 1.18 bits per heavy atom. The Bertz CT molecular complexity index is 794. The highest BCUT2D eigenvalue weighted by atomic mass is 32.1. The third-order valence-corrected chi connectivity index (χ3v) is 6.72. The van der Waals surface area contributed by atoms with E-state index in [4.69, 9.17) is 0 Å². The van der Waals surface area contributed by atoms with Crippen LogP contribution in [0.1, 0.15) is 58.2 Å². The molecular formula is C20H23NS. The maximum atomic E-state index is 3.67. The Labute approximate surface area is 137 Å². The molecule has 22 heavy (non-hydrogen) atoms. The molecule has 1 N–H and O–H groups in total. The van der Waals surface area contributed by atoms with Crippen LogP contribution in [0.2, 0.25) is 0 Å². The largest absolute Gasteiger partial charge is 0.384 e. The van der Waals surface area contributed by atoms with Gasteiger partial charge in [-0.25, -0.2) is 0 Å². The van der Waals surface area contributed by atoms with Gasteiger partial charge in [0.2, 0.25) is 0 Å². The van der Waals surface area contributed by atoms with Crippen LogP contribution in [0.25, 0.3) is 5.57 Å². The summed E-state index contributed by atoms with van der Waals surface area (Å²) in [7, 11) is 0. The van der Waals surface area contributed by atoms with Crippen molar-refractivity contribution in [1.29, 1.82) is 0 Å². The normalized spacial score (nSPS) is 19.9. The molecule has 114 valence electrons. The summed E-state index contributed by atoms with van der Waals surface area (Å²) < 4.78 is 0. The first kappa shape index (κ1) is 14.1. The molecule has 2 heterocycles. The summed E-state index contributed by atoms with van der Waals surface area (Å²) in [5.74, 6) is 0.550. The first-order valence-corrected chi connectivity index (χ1v) is 9.08. The molecule has 0 amide bonds. The first-order chi connectivity index (χ1) is 10.6. The summed E-state index contributed by atoms with van der Waals surface area (Å²) in [6.07, 6.45) is 2.45. The molecule has 1 aromatic carbocycles. The Morgan fingerprint density at radius 2 is 2.00 bits per heavy atom. The van der Waals surface area contributed by atoms with Crippen molar-refractivity contribution in [2.75, 3.05) is 11.9 Å². The summed E-state index contributed by atoms with van der Waals surface area (Å²) in [6, 6.07) is 6.82. The number of hydrogen-bond acceptors (Lipinski definition) is 2. The Hall–Kier alpha value is -1.54. The van der Waals surface area contributed by atoms with Gasteiger partial charge in [0.15, 0.2) is 0 Å². The third kappa shape index (κ3) is 1.83. The van der Waals surface area contributed by atoms with Crippen LogP contribution in [0.15, 0.2) is 23.8 Å². The molecule has 2 heteroatoms. The van der Waals surface area contributed by atoms with E-state index in [0.717, 1.165) is 6.54 Å². The second kappa shape index (κ2) is 4.99. The Balaban J connectivity index is 1.96. The number of thiophene rings is 1. The molecule has 1 atom stereocenters. The van der Waals surface area contributed by atoms with Crippen molar-refractivity contribution >= 4 is 22.6 Å². The standard InChI is InChI=1S/C20H23NS/c1-11-12(2)18(20-17(11)13(3)14(4)22-20)16-9-5-7-15-8-6-10-21-19(15)16/h5,7,9,11,21H,6,8,10H2,1-4H3. The van der Waals surface area contributed by atoms with Crippen LogP contribution in [0.3, 0.4) is 0 Å². The van der Waals surface area contributed by atoms with Crippen LogP contribution in [0.5, 0.6) is 0 Å². The summed E-state index contributed by atoms with van der Waals surface area (Å²) in [5, 5.41) is 3.67. The van der Waals surface area contributed by atoms with E-state index < -0.39 is 0 Å². The number of rotatable bonds is 1. The fourth-order valence-electron chi connectivity index (χ4n) is 4.02. The molecule has 0 radical (unpaired) electrons. The molecule has 1 aliphatic heterocycles. The highest BCUT2D eigenvalue weighted by Gasteiger charge is 2.32. The molecule has 2 aromatic rings. The molecule has 0 bridgehead atoms. The van der Waals surface area contributed by atoms with E-state index in [0.29, 0.717) is 5.92 Å². The maximum Gasteiger partial charge on any atom is 0.0452 e. The average Bonchev–Trinajstić information content (AvgIpc) is 2.94. The number of para-hydroxylation sites is 1. The smallest absolute Gasteiger partial charge is 0.0452 e. The topological polar surface area (TPSA) is 12.0 Å². The van der Waals surface area contributed by atoms with Gasteiger partial charge in [0.1, 0.15) is 0 Å². The summed E-state index contributed by atoms with van der Waals surface area (Å²) in [5.41, 5.74) is 10.4. The van der Waals surface area contributed by atoms with Crippen LogP contribution in [-0.2, 0) is 6.42 Å². The minimum atomic E-state index is 0.550. The van der Waals surface area contributed by atoms with E-state index in [1.54, 1.807) is 5.56 Å². The quantitative estimate of drug-likeness (QED) is 0.716. The van der Waals surface area contributed by atoms with Crippen molar-refractivity contribution < 1.29 is 0 Å². The van der Waals surface area contributed by atoms with Gasteiger partial charge in [-0.05, 0) is 50.3 Å². The minimum absolute atomic E-state index is 0.550. The molecule has 0 spiro atoms. The van der Waals surface area contributed by atoms with Crippen molar-refractivity contribution in [3.05, 3.63) is 55.8 Å². The van der Waals surface area contributed by atoms with Gasteiger partial charge < -0.3 is 5.32 Å². The van der Waals surface area contributed by atoms with Crippen LogP contribution >= 0.6 is 11.3 Å².